The summed E-state index contributed by atoms with van der Waals surface area (Å²) < 4.78 is 41.4. The molecule has 2 saturated heterocycles. The number of rotatable bonds is 5. The van der Waals surface area contributed by atoms with Crippen LogP contribution in [0.1, 0.15) is 40.7 Å². The molecule has 1 spiro atoms. The monoisotopic (exact) mass is 659 g/mol. The van der Waals surface area contributed by atoms with Gasteiger partial charge in [-0.3, -0.25) is 9.59 Å². The maximum absolute atomic E-state index is 13.8. The van der Waals surface area contributed by atoms with E-state index >= 15 is 0 Å². The molecule has 7 nitrogen and oxygen atoms in total. The summed E-state index contributed by atoms with van der Waals surface area (Å²) in [5.74, 6) is 0.716. The van der Waals surface area contributed by atoms with Gasteiger partial charge >= 0.3 is 6.18 Å². The zero-order valence-corrected chi connectivity index (χ0v) is 26.3. The second-order valence-corrected chi connectivity index (χ2v) is 12.7. The molecule has 0 atom stereocenters. The van der Waals surface area contributed by atoms with Crippen molar-refractivity contribution in [2.45, 2.75) is 37.5 Å². The van der Waals surface area contributed by atoms with Crippen LogP contribution >= 0.6 is 11.6 Å². The minimum absolute atomic E-state index is 0.00833. The number of carbonyl (C=O) groups excluding carboxylic acids is 2. The molecule has 1 N–H and O–H groups in total. The predicted octanol–water partition coefficient (Wildman–Crippen LogP) is 7.31. The Morgan fingerprint density at radius 1 is 0.915 bits per heavy atom. The Bertz CT molecular complexity index is 1830. The number of halogens is 4. The standard InChI is InChI=1S/C36H33ClF3N5O2/c37-28-9-10-30(36(38,39)40)27(20-28)23-44-18-14-41-33-31(44)21-26(22-42-33)24-5-4-6-25(19-24)34(47)43-16-12-35(13-17-43)32(46)11-15-45(35)29-7-2-1-3-8-29/h1-10,19-22H,11-18,23H2,(H,41,42). The van der Waals surface area contributed by atoms with Crippen LogP contribution < -0.4 is 15.1 Å². The van der Waals surface area contributed by atoms with Crippen molar-refractivity contribution in [1.29, 1.82) is 0 Å². The number of para-hydroxylation sites is 1. The molecule has 2 fully saturated rings. The molecule has 242 valence electrons. The van der Waals surface area contributed by atoms with E-state index in [4.69, 9.17) is 11.6 Å². The first-order chi connectivity index (χ1) is 22.6. The highest BCUT2D eigenvalue weighted by molar-refractivity contribution is 6.30. The molecular weight excluding hydrogens is 627 g/mol. The highest BCUT2D eigenvalue weighted by atomic mass is 35.5. The zero-order chi connectivity index (χ0) is 32.8. The van der Waals surface area contributed by atoms with Gasteiger partial charge in [-0.05, 0) is 72.5 Å². The Kier molecular flexibility index (Phi) is 8.08. The molecule has 7 rings (SSSR count). The van der Waals surface area contributed by atoms with Crippen LogP contribution in [-0.4, -0.2) is 59.8 Å². The van der Waals surface area contributed by atoms with Gasteiger partial charge in [0, 0.05) is 73.7 Å². The van der Waals surface area contributed by atoms with Crippen molar-refractivity contribution < 1.29 is 22.8 Å². The highest BCUT2D eigenvalue weighted by Gasteiger charge is 2.50. The molecule has 4 aromatic rings. The van der Waals surface area contributed by atoms with Crippen molar-refractivity contribution >= 4 is 40.5 Å². The van der Waals surface area contributed by atoms with Crippen LogP contribution in [0.15, 0.2) is 85.1 Å². The van der Waals surface area contributed by atoms with Gasteiger partial charge in [0.05, 0.1) is 11.3 Å². The van der Waals surface area contributed by atoms with Gasteiger partial charge in [0.25, 0.3) is 5.91 Å². The Morgan fingerprint density at radius 2 is 1.70 bits per heavy atom. The molecule has 0 bridgehead atoms. The number of hydrogen-bond acceptors (Lipinski definition) is 6. The van der Waals surface area contributed by atoms with Gasteiger partial charge in [0.2, 0.25) is 0 Å². The number of fused-ring (bicyclic) bond motifs is 1. The summed E-state index contributed by atoms with van der Waals surface area (Å²) in [6.45, 7) is 2.64. The average molecular weight is 660 g/mol. The van der Waals surface area contributed by atoms with Crippen LogP contribution in [0.5, 0.6) is 0 Å². The van der Waals surface area contributed by atoms with Gasteiger partial charge in [-0.2, -0.15) is 13.2 Å². The molecule has 0 unspecified atom stereocenters. The highest BCUT2D eigenvalue weighted by Crippen LogP contribution is 2.40. The number of amides is 1. The van der Waals surface area contributed by atoms with Crippen LogP contribution in [0.3, 0.4) is 0 Å². The lowest BCUT2D eigenvalue weighted by Gasteiger charge is -2.44. The normalized spacial score (nSPS) is 17.5. The average Bonchev–Trinajstić information content (AvgIpc) is 3.39. The van der Waals surface area contributed by atoms with Crippen LogP contribution in [0.4, 0.5) is 30.4 Å². The Morgan fingerprint density at radius 3 is 2.47 bits per heavy atom. The number of ketones is 1. The summed E-state index contributed by atoms with van der Waals surface area (Å²) in [5.41, 5.74) is 2.53. The molecule has 1 amide bonds. The van der Waals surface area contributed by atoms with Gasteiger partial charge in [-0.15, -0.1) is 0 Å². The summed E-state index contributed by atoms with van der Waals surface area (Å²) in [6.07, 6.45) is -1.14. The number of aromatic nitrogens is 1. The van der Waals surface area contributed by atoms with Gasteiger partial charge in [-0.25, -0.2) is 4.98 Å². The fraction of sp³-hybridized carbons (Fsp3) is 0.306. The third-order valence-electron chi connectivity index (χ3n) is 9.60. The van der Waals surface area contributed by atoms with Crippen LogP contribution in [0.2, 0.25) is 5.02 Å². The molecule has 1 aromatic heterocycles. The van der Waals surface area contributed by atoms with Crippen LogP contribution in [0, 0.1) is 0 Å². The van der Waals surface area contributed by atoms with E-state index in [0.717, 1.165) is 22.9 Å². The lowest BCUT2D eigenvalue weighted by molar-refractivity contribution is -0.138. The molecule has 3 aliphatic rings. The molecule has 0 aliphatic carbocycles. The smallest absolute Gasteiger partial charge is 0.367 e. The molecule has 0 saturated carbocycles. The van der Waals surface area contributed by atoms with E-state index in [1.54, 1.807) is 12.3 Å². The van der Waals surface area contributed by atoms with E-state index in [1.165, 1.54) is 12.1 Å². The number of Topliss-reactive ketones (excluding diaryl/α,β-unsaturated/α-hetero) is 1. The van der Waals surface area contributed by atoms with Crippen molar-refractivity contribution in [3.05, 3.63) is 107 Å². The first kappa shape index (κ1) is 31.1. The van der Waals surface area contributed by atoms with Gasteiger partial charge < -0.3 is 20.0 Å². The molecule has 47 heavy (non-hydrogen) atoms. The molecule has 3 aliphatic heterocycles. The molecule has 4 heterocycles. The van der Waals surface area contributed by atoms with E-state index in [0.29, 0.717) is 69.1 Å². The third kappa shape index (κ3) is 5.91. The van der Waals surface area contributed by atoms with E-state index in [2.05, 4.69) is 15.2 Å². The minimum Gasteiger partial charge on any atom is -0.367 e. The largest absolute Gasteiger partial charge is 0.416 e. The maximum Gasteiger partial charge on any atom is 0.416 e. The second kappa shape index (κ2) is 12.2. The minimum atomic E-state index is -4.51. The SMILES string of the molecule is O=C(c1cccc(-c2cnc3c(c2)N(Cc2cc(Cl)ccc2C(F)(F)F)CCN3)c1)N1CCC2(CC1)C(=O)CCN2c1ccccc1. The summed E-state index contributed by atoms with van der Waals surface area (Å²) >= 11 is 6.10. The summed E-state index contributed by atoms with van der Waals surface area (Å²) in [4.78, 5) is 37.4. The van der Waals surface area contributed by atoms with Crippen molar-refractivity contribution in [1.82, 2.24) is 9.88 Å². The number of carbonyl (C=O) groups is 2. The van der Waals surface area contributed by atoms with Gasteiger partial charge in [0.15, 0.2) is 5.78 Å². The van der Waals surface area contributed by atoms with Gasteiger partial charge in [-0.1, -0.05) is 41.9 Å². The number of piperidine rings is 1. The van der Waals surface area contributed by atoms with Gasteiger partial charge in [0.1, 0.15) is 11.4 Å². The maximum atomic E-state index is 13.8. The van der Waals surface area contributed by atoms with E-state index < -0.39 is 17.3 Å². The lowest BCUT2D eigenvalue weighted by atomic mass is 9.83. The number of alkyl halides is 3. The summed E-state index contributed by atoms with van der Waals surface area (Å²) in [6, 6.07) is 22.8. The van der Waals surface area contributed by atoms with E-state index in [9.17, 15) is 22.8 Å². The lowest BCUT2D eigenvalue weighted by Crippen LogP contribution is -2.56. The molecule has 11 heteroatoms. The molecular formula is C36H33ClF3N5O2. The number of nitrogens with one attached hydrogen (secondary N) is 1. The first-order valence-electron chi connectivity index (χ1n) is 15.7. The van der Waals surface area contributed by atoms with Crippen molar-refractivity contribution in [3.8, 4) is 11.1 Å². The zero-order valence-electron chi connectivity index (χ0n) is 25.6. The Balaban J connectivity index is 1.10. The predicted molar refractivity (Wildman–Crippen MR) is 177 cm³/mol. The second-order valence-electron chi connectivity index (χ2n) is 12.3. The van der Waals surface area contributed by atoms with Crippen molar-refractivity contribution in [2.24, 2.45) is 0 Å². The fourth-order valence-corrected chi connectivity index (χ4v) is 7.39. The quantitative estimate of drug-likeness (QED) is 0.242. The topological polar surface area (TPSA) is 68.8 Å². The fourth-order valence-electron chi connectivity index (χ4n) is 7.20. The first-order valence-corrected chi connectivity index (χ1v) is 16.1. The summed E-state index contributed by atoms with van der Waals surface area (Å²) in [5, 5.41) is 3.47. The van der Waals surface area contributed by atoms with Crippen molar-refractivity contribution in [2.75, 3.05) is 47.8 Å². The number of hydrogen-bond donors (Lipinski definition) is 1. The van der Waals surface area contributed by atoms with E-state index in [-0.39, 0.29) is 28.8 Å². The Labute approximate surface area is 276 Å². The number of anilines is 3. The number of pyridine rings is 1. The summed E-state index contributed by atoms with van der Waals surface area (Å²) in [7, 11) is 0. The Hall–Kier alpha value is -4.57. The molecule has 3 aromatic carbocycles. The number of likely N-dealkylation sites (tertiary alicyclic amines) is 1. The van der Waals surface area contributed by atoms with Crippen LogP contribution in [-0.2, 0) is 17.5 Å². The number of benzene rings is 3. The molecule has 0 radical (unpaired) electrons. The van der Waals surface area contributed by atoms with Crippen molar-refractivity contribution in [3.63, 3.8) is 0 Å². The van der Waals surface area contributed by atoms with E-state index in [1.807, 2.05) is 64.4 Å². The third-order valence-corrected chi connectivity index (χ3v) is 9.84. The number of nitrogens with zero attached hydrogens (tertiary/aromatic N) is 4. The van der Waals surface area contributed by atoms with Crippen LogP contribution in [0.25, 0.3) is 11.1 Å².